The average Bonchev–Trinajstić information content (AvgIpc) is 2.26. The highest BCUT2D eigenvalue weighted by atomic mass is 16.3. The largest absolute Gasteiger partial charge is 0.394 e. The maximum atomic E-state index is 8.83. The minimum Gasteiger partial charge on any atom is -0.394 e. The van der Waals surface area contributed by atoms with Gasteiger partial charge >= 0.3 is 0 Å². The average molecular weight is 198 g/mol. The summed E-state index contributed by atoms with van der Waals surface area (Å²) in [6, 6.07) is -0.406. The van der Waals surface area contributed by atoms with Crippen LogP contribution in [0.1, 0.15) is 0 Å². The molecule has 0 radical (unpaired) electrons. The summed E-state index contributed by atoms with van der Waals surface area (Å²) in [5, 5.41) is 23.3. The zero-order chi connectivity index (χ0) is 10.4. The van der Waals surface area contributed by atoms with Crippen molar-refractivity contribution in [2.75, 3.05) is 30.9 Å². The van der Waals surface area contributed by atoms with Crippen LogP contribution in [-0.2, 0) is 0 Å². The zero-order valence-corrected chi connectivity index (χ0v) is 7.94. The number of aliphatic hydroxyl groups excluding tert-OH is 2. The summed E-state index contributed by atoms with van der Waals surface area (Å²) in [5.74, 6) is 1.15. The smallest absolute Gasteiger partial charge is 0.147 e. The summed E-state index contributed by atoms with van der Waals surface area (Å²) in [7, 11) is 1.74. The molecule has 0 aliphatic rings. The fourth-order valence-corrected chi connectivity index (χ4v) is 0.914. The molecule has 0 aliphatic heterocycles. The number of nitrogens with one attached hydrogen (secondary N) is 2. The van der Waals surface area contributed by atoms with Crippen molar-refractivity contribution >= 4 is 11.6 Å². The van der Waals surface area contributed by atoms with E-state index < -0.39 is 6.04 Å². The molecule has 0 saturated carbocycles. The van der Waals surface area contributed by atoms with Gasteiger partial charge in [-0.25, -0.2) is 4.98 Å². The van der Waals surface area contributed by atoms with E-state index in [0.29, 0.717) is 11.6 Å². The number of nitrogens with zero attached hydrogens (tertiary/aromatic N) is 2. The van der Waals surface area contributed by atoms with Crippen molar-refractivity contribution in [1.29, 1.82) is 0 Å². The molecule has 0 amide bonds. The van der Waals surface area contributed by atoms with Crippen LogP contribution in [0, 0.1) is 0 Å². The van der Waals surface area contributed by atoms with Crippen molar-refractivity contribution < 1.29 is 10.2 Å². The number of aliphatic hydroxyl groups is 2. The first-order chi connectivity index (χ1) is 6.80. The maximum Gasteiger partial charge on any atom is 0.147 e. The molecule has 1 aromatic rings. The van der Waals surface area contributed by atoms with E-state index >= 15 is 0 Å². The van der Waals surface area contributed by atoms with Crippen LogP contribution in [0.4, 0.5) is 11.6 Å². The highest BCUT2D eigenvalue weighted by Gasteiger charge is 2.06. The third-order valence-electron chi connectivity index (χ3n) is 1.68. The molecule has 4 N–H and O–H groups in total. The zero-order valence-electron chi connectivity index (χ0n) is 7.94. The molecular weight excluding hydrogens is 184 g/mol. The molecule has 0 spiro atoms. The predicted molar refractivity (Wildman–Crippen MR) is 53.2 cm³/mol. The van der Waals surface area contributed by atoms with Crippen molar-refractivity contribution in [2.45, 2.75) is 6.04 Å². The van der Waals surface area contributed by atoms with Crippen LogP contribution >= 0.6 is 0 Å². The fraction of sp³-hybridized carbons (Fsp3) is 0.500. The van der Waals surface area contributed by atoms with Gasteiger partial charge in [0.1, 0.15) is 11.6 Å². The number of anilines is 2. The molecule has 14 heavy (non-hydrogen) atoms. The van der Waals surface area contributed by atoms with Crippen molar-refractivity contribution in [3.8, 4) is 0 Å². The molecular formula is C8H14N4O2. The number of aromatic nitrogens is 2. The van der Waals surface area contributed by atoms with Crippen LogP contribution in [0.2, 0.25) is 0 Å². The standard InChI is InChI=1S/C8H14N4O2/c1-9-7-2-10-3-8(12-7)11-6(4-13)5-14/h2-3,6,13-14H,4-5H2,1H3,(H2,9,11,12). The molecule has 0 fully saturated rings. The first-order valence-corrected chi connectivity index (χ1v) is 4.28. The molecule has 0 saturated heterocycles. The Hall–Kier alpha value is -1.40. The van der Waals surface area contributed by atoms with Crippen LogP contribution in [0.25, 0.3) is 0 Å². The van der Waals surface area contributed by atoms with Crippen LogP contribution < -0.4 is 10.6 Å². The topological polar surface area (TPSA) is 90.3 Å². The van der Waals surface area contributed by atoms with E-state index in [1.54, 1.807) is 13.2 Å². The van der Waals surface area contributed by atoms with Gasteiger partial charge in [-0.3, -0.25) is 4.98 Å². The van der Waals surface area contributed by atoms with Gasteiger partial charge in [0.05, 0.1) is 31.6 Å². The van der Waals surface area contributed by atoms with Gasteiger partial charge in [0.2, 0.25) is 0 Å². The third kappa shape index (κ3) is 2.82. The third-order valence-corrected chi connectivity index (χ3v) is 1.68. The summed E-state index contributed by atoms with van der Waals surface area (Å²) in [6.45, 7) is -0.302. The minimum absolute atomic E-state index is 0.151. The molecule has 0 aromatic carbocycles. The van der Waals surface area contributed by atoms with Gasteiger partial charge in [-0.2, -0.15) is 0 Å². The highest BCUT2D eigenvalue weighted by Crippen LogP contribution is 2.06. The Bertz CT molecular complexity index is 278. The Kier molecular flexibility index (Phi) is 4.09. The molecule has 1 rings (SSSR count). The van der Waals surface area contributed by atoms with E-state index in [9.17, 15) is 0 Å². The molecule has 1 aromatic heterocycles. The molecule has 0 atom stereocenters. The van der Waals surface area contributed by atoms with E-state index in [4.69, 9.17) is 10.2 Å². The van der Waals surface area contributed by atoms with Crippen LogP contribution in [0.5, 0.6) is 0 Å². The Morgan fingerprint density at radius 1 is 1.29 bits per heavy atom. The van der Waals surface area contributed by atoms with Crippen molar-refractivity contribution in [3.05, 3.63) is 12.4 Å². The molecule has 0 aliphatic carbocycles. The summed E-state index contributed by atoms with van der Waals surface area (Å²) < 4.78 is 0. The van der Waals surface area contributed by atoms with Crippen molar-refractivity contribution in [1.82, 2.24) is 9.97 Å². The summed E-state index contributed by atoms with van der Waals surface area (Å²) >= 11 is 0. The maximum absolute atomic E-state index is 8.83. The van der Waals surface area contributed by atoms with Crippen molar-refractivity contribution in [3.63, 3.8) is 0 Å². The van der Waals surface area contributed by atoms with Crippen molar-refractivity contribution in [2.24, 2.45) is 0 Å². The lowest BCUT2D eigenvalue weighted by molar-refractivity contribution is 0.203. The number of hydrogen-bond donors (Lipinski definition) is 4. The van der Waals surface area contributed by atoms with E-state index in [0.717, 1.165) is 0 Å². The second kappa shape index (κ2) is 5.36. The Balaban J connectivity index is 2.65. The van der Waals surface area contributed by atoms with Crippen LogP contribution in [0.15, 0.2) is 12.4 Å². The second-order valence-corrected chi connectivity index (χ2v) is 2.75. The molecule has 78 valence electrons. The Labute approximate surface area is 82.0 Å². The van der Waals surface area contributed by atoms with Gasteiger partial charge < -0.3 is 20.8 Å². The lowest BCUT2D eigenvalue weighted by atomic mass is 10.3. The molecule has 0 unspecified atom stereocenters. The van der Waals surface area contributed by atoms with Gasteiger partial charge in [-0.15, -0.1) is 0 Å². The normalized spacial score (nSPS) is 10.3. The Morgan fingerprint density at radius 2 is 1.93 bits per heavy atom. The lowest BCUT2D eigenvalue weighted by Crippen LogP contribution is -2.28. The summed E-state index contributed by atoms with van der Waals surface area (Å²) in [5.41, 5.74) is 0. The lowest BCUT2D eigenvalue weighted by Gasteiger charge is -2.13. The second-order valence-electron chi connectivity index (χ2n) is 2.75. The fourth-order valence-electron chi connectivity index (χ4n) is 0.914. The van der Waals surface area contributed by atoms with E-state index in [1.165, 1.54) is 6.20 Å². The first kappa shape index (κ1) is 10.7. The Morgan fingerprint density at radius 3 is 2.50 bits per heavy atom. The van der Waals surface area contributed by atoms with E-state index in [1.807, 2.05) is 0 Å². The summed E-state index contributed by atoms with van der Waals surface area (Å²) in [4.78, 5) is 8.05. The molecule has 1 heterocycles. The van der Waals surface area contributed by atoms with Gasteiger partial charge in [0, 0.05) is 7.05 Å². The molecule has 6 heteroatoms. The van der Waals surface area contributed by atoms with Crippen LogP contribution in [-0.4, -0.2) is 46.5 Å². The van der Waals surface area contributed by atoms with E-state index in [-0.39, 0.29) is 13.2 Å². The number of hydrogen-bond acceptors (Lipinski definition) is 6. The highest BCUT2D eigenvalue weighted by molar-refractivity contribution is 5.41. The van der Waals surface area contributed by atoms with Gasteiger partial charge in [0.15, 0.2) is 0 Å². The summed E-state index contributed by atoms with van der Waals surface area (Å²) in [6.07, 6.45) is 3.11. The first-order valence-electron chi connectivity index (χ1n) is 4.28. The van der Waals surface area contributed by atoms with Crippen LogP contribution in [0.3, 0.4) is 0 Å². The SMILES string of the molecule is CNc1cncc(NC(CO)CO)n1. The minimum atomic E-state index is -0.406. The molecule has 6 nitrogen and oxygen atoms in total. The van der Waals surface area contributed by atoms with Gasteiger partial charge in [-0.1, -0.05) is 0 Å². The van der Waals surface area contributed by atoms with Gasteiger partial charge in [-0.05, 0) is 0 Å². The van der Waals surface area contributed by atoms with Gasteiger partial charge in [0.25, 0.3) is 0 Å². The molecule has 0 bridgehead atoms. The number of rotatable bonds is 5. The van der Waals surface area contributed by atoms with E-state index in [2.05, 4.69) is 20.6 Å². The quantitative estimate of drug-likeness (QED) is 0.499. The monoisotopic (exact) mass is 198 g/mol. The predicted octanol–water partition coefficient (Wildman–Crippen LogP) is -0.717.